The lowest BCUT2D eigenvalue weighted by atomic mass is 10.1. The molecule has 1 saturated heterocycles. The number of nitrogens with zero attached hydrogens (tertiary/aromatic N) is 4. The number of hydrogen-bond donors (Lipinski definition) is 1. The Labute approximate surface area is 106 Å². The van der Waals surface area contributed by atoms with Gasteiger partial charge in [0.05, 0.1) is 12.4 Å². The Morgan fingerprint density at radius 1 is 1.33 bits per heavy atom. The first-order chi connectivity index (χ1) is 8.84. The molecule has 1 N–H and O–H groups in total. The van der Waals surface area contributed by atoms with E-state index in [9.17, 15) is 0 Å². The molecule has 1 aliphatic rings. The molecule has 3 rings (SSSR count). The first-order valence-electron chi connectivity index (χ1n) is 6.38. The van der Waals surface area contributed by atoms with Gasteiger partial charge in [-0.2, -0.15) is 0 Å². The zero-order chi connectivity index (χ0) is 12.4. The number of piperidine rings is 1. The van der Waals surface area contributed by atoms with E-state index in [2.05, 4.69) is 32.2 Å². The van der Waals surface area contributed by atoms with Crippen LogP contribution >= 0.6 is 0 Å². The second-order valence-electron chi connectivity index (χ2n) is 4.65. The SMILES string of the molecule is CN(c1cnc2cccnc2n1)C1CCCCN1. The number of nitrogens with one attached hydrogen (secondary N) is 1. The summed E-state index contributed by atoms with van der Waals surface area (Å²) >= 11 is 0. The smallest absolute Gasteiger partial charge is 0.180 e. The molecule has 0 saturated carbocycles. The van der Waals surface area contributed by atoms with Crippen LogP contribution < -0.4 is 10.2 Å². The minimum Gasteiger partial charge on any atom is -0.343 e. The Hall–Kier alpha value is -1.75. The molecule has 0 spiro atoms. The minimum atomic E-state index is 0.356. The molecule has 94 valence electrons. The molecule has 0 amide bonds. The fourth-order valence-electron chi connectivity index (χ4n) is 2.33. The van der Waals surface area contributed by atoms with Crippen molar-refractivity contribution < 1.29 is 0 Å². The summed E-state index contributed by atoms with van der Waals surface area (Å²) in [5.41, 5.74) is 1.55. The Bertz CT molecular complexity index is 536. The van der Waals surface area contributed by atoms with Crippen LogP contribution in [0, 0.1) is 0 Å². The molecule has 2 aromatic rings. The lowest BCUT2D eigenvalue weighted by Gasteiger charge is -2.32. The van der Waals surface area contributed by atoms with Crippen molar-refractivity contribution in [3.05, 3.63) is 24.5 Å². The van der Waals surface area contributed by atoms with E-state index in [1.165, 1.54) is 12.8 Å². The van der Waals surface area contributed by atoms with Gasteiger partial charge < -0.3 is 4.90 Å². The average Bonchev–Trinajstić information content (AvgIpc) is 2.47. The van der Waals surface area contributed by atoms with Gasteiger partial charge >= 0.3 is 0 Å². The Morgan fingerprint density at radius 3 is 3.11 bits per heavy atom. The van der Waals surface area contributed by atoms with Crippen LogP contribution in [0.5, 0.6) is 0 Å². The number of rotatable bonds is 2. The van der Waals surface area contributed by atoms with E-state index in [0.717, 1.165) is 24.3 Å². The maximum atomic E-state index is 4.56. The number of anilines is 1. The highest BCUT2D eigenvalue weighted by Crippen LogP contribution is 2.17. The summed E-state index contributed by atoms with van der Waals surface area (Å²) in [4.78, 5) is 15.4. The molecule has 1 atom stereocenters. The Morgan fingerprint density at radius 2 is 2.28 bits per heavy atom. The molecule has 18 heavy (non-hydrogen) atoms. The zero-order valence-corrected chi connectivity index (χ0v) is 10.5. The molecular formula is C13H17N5. The van der Waals surface area contributed by atoms with Gasteiger partial charge in [0.2, 0.25) is 0 Å². The molecule has 0 bridgehead atoms. The number of hydrogen-bond acceptors (Lipinski definition) is 5. The normalized spacial score (nSPS) is 19.9. The number of pyridine rings is 1. The van der Waals surface area contributed by atoms with Crippen LogP contribution in [0.1, 0.15) is 19.3 Å². The second kappa shape index (κ2) is 4.86. The quantitative estimate of drug-likeness (QED) is 0.867. The number of aromatic nitrogens is 3. The van der Waals surface area contributed by atoms with Gasteiger partial charge in [-0.1, -0.05) is 0 Å². The van der Waals surface area contributed by atoms with Crippen LogP contribution in [0.4, 0.5) is 5.82 Å². The minimum absolute atomic E-state index is 0.356. The van der Waals surface area contributed by atoms with Crippen LogP contribution in [-0.4, -0.2) is 34.7 Å². The van der Waals surface area contributed by atoms with E-state index in [-0.39, 0.29) is 0 Å². The monoisotopic (exact) mass is 243 g/mol. The van der Waals surface area contributed by atoms with Crippen LogP contribution in [0.15, 0.2) is 24.5 Å². The van der Waals surface area contributed by atoms with Crippen LogP contribution in [0.3, 0.4) is 0 Å². The van der Waals surface area contributed by atoms with Crippen molar-refractivity contribution in [3.8, 4) is 0 Å². The van der Waals surface area contributed by atoms with E-state index in [4.69, 9.17) is 0 Å². The van der Waals surface area contributed by atoms with Crippen LogP contribution in [-0.2, 0) is 0 Å². The third-order valence-electron chi connectivity index (χ3n) is 3.42. The fourth-order valence-corrected chi connectivity index (χ4v) is 2.33. The highest BCUT2D eigenvalue weighted by Gasteiger charge is 2.18. The molecule has 0 aromatic carbocycles. The van der Waals surface area contributed by atoms with Gasteiger partial charge in [-0.05, 0) is 37.9 Å². The van der Waals surface area contributed by atoms with E-state index in [1.54, 1.807) is 6.20 Å². The van der Waals surface area contributed by atoms with Crippen molar-refractivity contribution in [1.29, 1.82) is 0 Å². The van der Waals surface area contributed by atoms with Crippen molar-refractivity contribution in [1.82, 2.24) is 20.3 Å². The van der Waals surface area contributed by atoms with E-state index in [0.29, 0.717) is 11.8 Å². The molecule has 5 heteroatoms. The van der Waals surface area contributed by atoms with Crippen molar-refractivity contribution in [3.63, 3.8) is 0 Å². The molecule has 3 heterocycles. The van der Waals surface area contributed by atoms with Crippen LogP contribution in [0.2, 0.25) is 0 Å². The van der Waals surface area contributed by atoms with Crippen molar-refractivity contribution in [2.24, 2.45) is 0 Å². The molecule has 1 fully saturated rings. The highest BCUT2D eigenvalue weighted by atomic mass is 15.3. The molecule has 1 aliphatic heterocycles. The van der Waals surface area contributed by atoms with Gasteiger partial charge in [-0.15, -0.1) is 0 Å². The number of fused-ring (bicyclic) bond motifs is 1. The molecular weight excluding hydrogens is 226 g/mol. The van der Waals surface area contributed by atoms with Crippen LogP contribution in [0.25, 0.3) is 11.2 Å². The van der Waals surface area contributed by atoms with Gasteiger partial charge in [0.25, 0.3) is 0 Å². The van der Waals surface area contributed by atoms with E-state index < -0.39 is 0 Å². The predicted octanol–water partition coefficient (Wildman–Crippen LogP) is 1.56. The van der Waals surface area contributed by atoms with Gasteiger partial charge in [-0.3, -0.25) is 5.32 Å². The summed E-state index contributed by atoms with van der Waals surface area (Å²) in [5.74, 6) is 0.876. The summed E-state index contributed by atoms with van der Waals surface area (Å²) < 4.78 is 0. The molecule has 0 radical (unpaired) electrons. The standard InChI is InChI=1S/C13H17N5/c1-18(11-6-2-3-7-14-11)12-9-16-10-5-4-8-15-13(10)17-12/h4-5,8-9,11,14H,2-3,6-7H2,1H3. The molecule has 0 aliphatic carbocycles. The first-order valence-corrected chi connectivity index (χ1v) is 6.38. The second-order valence-corrected chi connectivity index (χ2v) is 4.65. The maximum Gasteiger partial charge on any atom is 0.180 e. The Kier molecular flexibility index (Phi) is 3.06. The Balaban J connectivity index is 1.88. The molecule has 5 nitrogen and oxygen atoms in total. The summed E-state index contributed by atoms with van der Waals surface area (Å²) in [6, 6.07) is 3.81. The fraction of sp³-hybridized carbons (Fsp3) is 0.462. The lowest BCUT2D eigenvalue weighted by Crippen LogP contribution is -2.46. The summed E-state index contributed by atoms with van der Waals surface area (Å²) in [5, 5.41) is 3.50. The topological polar surface area (TPSA) is 53.9 Å². The molecule has 2 aromatic heterocycles. The van der Waals surface area contributed by atoms with Crippen molar-refractivity contribution in [2.75, 3.05) is 18.5 Å². The maximum absolute atomic E-state index is 4.56. The van der Waals surface area contributed by atoms with E-state index in [1.807, 2.05) is 18.3 Å². The third kappa shape index (κ3) is 2.13. The largest absolute Gasteiger partial charge is 0.343 e. The third-order valence-corrected chi connectivity index (χ3v) is 3.42. The summed E-state index contributed by atoms with van der Waals surface area (Å²) in [6.45, 7) is 1.08. The first kappa shape index (κ1) is 11.3. The van der Waals surface area contributed by atoms with Gasteiger partial charge in [0.15, 0.2) is 11.5 Å². The van der Waals surface area contributed by atoms with Gasteiger partial charge in [-0.25, -0.2) is 15.0 Å². The van der Waals surface area contributed by atoms with Crippen molar-refractivity contribution >= 4 is 17.0 Å². The van der Waals surface area contributed by atoms with Crippen molar-refractivity contribution in [2.45, 2.75) is 25.4 Å². The average molecular weight is 243 g/mol. The van der Waals surface area contributed by atoms with Gasteiger partial charge in [0, 0.05) is 13.2 Å². The summed E-state index contributed by atoms with van der Waals surface area (Å²) in [6.07, 6.45) is 7.60. The molecule has 1 unspecified atom stereocenters. The van der Waals surface area contributed by atoms with E-state index >= 15 is 0 Å². The summed E-state index contributed by atoms with van der Waals surface area (Å²) in [7, 11) is 2.06. The highest BCUT2D eigenvalue weighted by molar-refractivity contribution is 5.70. The lowest BCUT2D eigenvalue weighted by molar-refractivity contribution is 0.395. The van der Waals surface area contributed by atoms with Gasteiger partial charge in [0.1, 0.15) is 5.52 Å². The predicted molar refractivity (Wildman–Crippen MR) is 71.4 cm³/mol. The zero-order valence-electron chi connectivity index (χ0n) is 10.5.